The number of nitrogens with one attached hydrogen (secondary N) is 1. The zero-order chi connectivity index (χ0) is 18.8. The number of rotatable bonds is 5. The van der Waals surface area contributed by atoms with E-state index in [0.29, 0.717) is 17.7 Å². The number of aliphatic carboxylic acids is 1. The summed E-state index contributed by atoms with van der Waals surface area (Å²) in [4.78, 5) is 21.9. The first-order valence-corrected chi connectivity index (χ1v) is 8.17. The number of amides is 1. The second-order valence-corrected chi connectivity index (χ2v) is 6.43. The summed E-state index contributed by atoms with van der Waals surface area (Å²) in [6.07, 6.45) is -0.251. The largest absolute Gasteiger partial charge is 0.507 e. The van der Waals surface area contributed by atoms with Crippen molar-refractivity contribution in [1.82, 2.24) is 0 Å². The topological polar surface area (TPSA) is 161 Å². The van der Waals surface area contributed by atoms with Crippen molar-refractivity contribution < 1.29 is 37.9 Å². The maximum absolute atomic E-state index is 12.2. The minimum atomic E-state index is -4.77. The van der Waals surface area contributed by atoms with Gasteiger partial charge in [0.25, 0.3) is 16.0 Å². The Balaban J connectivity index is 2.30. The van der Waals surface area contributed by atoms with Gasteiger partial charge in [0.05, 0.1) is 12.0 Å². The summed E-state index contributed by atoms with van der Waals surface area (Å²) in [6.45, 7) is 0. The molecule has 0 fully saturated rings. The average molecular weight is 367 g/mol. The summed E-state index contributed by atoms with van der Waals surface area (Å²) in [5.74, 6) is -3.61. The molecule has 132 valence electrons. The van der Waals surface area contributed by atoms with Crippen LogP contribution in [0.25, 0.3) is 0 Å². The number of hydrogen-bond donors (Lipinski definition) is 5. The summed E-state index contributed by atoms with van der Waals surface area (Å²) >= 11 is 0. The number of anilines is 1. The van der Waals surface area contributed by atoms with Gasteiger partial charge in [-0.25, -0.2) is 0 Å². The van der Waals surface area contributed by atoms with Crippen LogP contribution in [-0.2, 0) is 21.3 Å². The van der Waals surface area contributed by atoms with E-state index >= 15 is 0 Å². The molecular formula is C15H13NO8S. The monoisotopic (exact) mass is 367 g/mol. The van der Waals surface area contributed by atoms with Crippen LogP contribution in [-0.4, -0.2) is 40.2 Å². The number of phenols is 2. The van der Waals surface area contributed by atoms with Gasteiger partial charge >= 0.3 is 5.97 Å². The molecule has 0 aliphatic carbocycles. The van der Waals surface area contributed by atoms with Crippen LogP contribution in [0.1, 0.15) is 15.9 Å². The smallest absolute Gasteiger partial charge is 0.307 e. The summed E-state index contributed by atoms with van der Waals surface area (Å²) in [6, 6.07) is 7.19. The van der Waals surface area contributed by atoms with Gasteiger partial charge in [0.1, 0.15) is 16.4 Å². The highest BCUT2D eigenvalue weighted by Gasteiger charge is 2.21. The van der Waals surface area contributed by atoms with E-state index in [-0.39, 0.29) is 12.1 Å². The van der Waals surface area contributed by atoms with Crippen LogP contribution in [0.4, 0.5) is 5.69 Å². The van der Waals surface area contributed by atoms with Gasteiger partial charge in [0.2, 0.25) is 0 Å². The van der Waals surface area contributed by atoms with Gasteiger partial charge in [-0.05, 0) is 23.8 Å². The van der Waals surface area contributed by atoms with Gasteiger partial charge in [-0.1, -0.05) is 12.1 Å². The number of benzene rings is 2. The molecule has 2 aromatic rings. The number of carbonyl (C=O) groups excluding carboxylic acids is 1. The molecule has 9 nitrogen and oxygen atoms in total. The lowest BCUT2D eigenvalue weighted by Crippen LogP contribution is -2.13. The van der Waals surface area contributed by atoms with Crippen molar-refractivity contribution in [2.24, 2.45) is 0 Å². The van der Waals surface area contributed by atoms with Gasteiger partial charge in [-0.3, -0.25) is 14.1 Å². The van der Waals surface area contributed by atoms with Crippen molar-refractivity contribution in [3.05, 3.63) is 47.5 Å². The van der Waals surface area contributed by atoms with E-state index in [1.165, 1.54) is 18.2 Å². The SMILES string of the molecule is O=C(O)Cc1cccc(NC(=O)c2cc(O)c(S(=O)(=O)O)cc2O)c1. The average Bonchev–Trinajstić information content (AvgIpc) is 2.47. The Kier molecular flexibility index (Phi) is 4.95. The fourth-order valence-corrected chi connectivity index (χ4v) is 2.66. The Morgan fingerprint density at radius 2 is 1.72 bits per heavy atom. The van der Waals surface area contributed by atoms with Crippen molar-refractivity contribution in [3.8, 4) is 11.5 Å². The van der Waals surface area contributed by atoms with E-state index in [9.17, 15) is 28.2 Å². The van der Waals surface area contributed by atoms with Crippen molar-refractivity contribution >= 4 is 27.7 Å². The summed E-state index contributed by atoms with van der Waals surface area (Å²) in [5, 5.41) is 30.5. The number of aromatic hydroxyl groups is 2. The third-order valence-electron chi connectivity index (χ3n) is 3.14. The zero-order valence-corrected chi connectivity index (χ0v) is 13.3. The Labute approximate surface area is 141 Å². The third-order valence-corrected chi connectivity index (χ3v) is 4.02. The van der Waals surface area contributed by atoms with Crippen molar-refractivity contribution in [1.29, 1.82) is 0 Å². The molecule has 0 aromatic heterocycles. The lowest BCUT2D eigenvalue weighted by Gasteiger charge is -2.10. The lowest BCUT2D eigenvalue weighted by atomic mass is 10.1. The van der Waals surface area contributed by atoms with Gasteiger partial charge in [0, 0.05) is 11.8 Å². The van der Waals surface area contributed by atoms with Crippen LogP contribution in [0.2, 0.25) is 0 Å². The maximum Gasteiger partial charge on any atom is 0.307 e. The van der Waals surface area contributed by atoms with Crippen LogP contribution in [0, 0.1) is 0 Å². The fourth-order valence-electron chi connectivity index (χ4n) is 2.08. The van der Waals surface area contributed by atoms with Crippen LogP contribution in [0.3, 0.4) is 0 Å². The first-order chi connectivity index (χ1) is 11.6. The Morgan fingerprint density at radius 1 is 1.04 bits per heavy atom. The number of carbonyl (C=O) groups is 2. The fraction of sp³-hybridized carbons (Fsp3) is 0.0667. The Bertz CT molecular complexity index is 952. The molecule has 0 radical (unpaired) electrons. The highest BCUT2D eigenvalue weighted by atomic mass is 32.2. The van der Waals surface area contributed by atoms with Gasteiger partial charge in [0.15, 0.2) is 0 Å². The van der Waals surface area contributed by atoms with Crippen LogP contribution in [0.15, 0.2) is 41.3 Å². The summed E-state index contributed by atoms with van der Waals surface area (Å²) < 4.78 is 31.0. The molecule has 0 unspecified atom stereocenters. The van der Waals surface area contributed by atoms with E-state index in [0.717, 1.165) is 0 Å². The summed E-state index contributed by atoms with van der Waals surface area (Å²) in [5.41, 5.74) is 0.231. The number of carboxylic acid groups (broad SMARTS) is 1. The normalized spacial score (nSPS) is 11.1. The molecule has 25 heavy (non-hydrogen) atoms. The number of phenolic OH excluding ortho intramolecular Hbond substituents is 2. The highest BCUT2D eigenvalue weighted by Crippen LogP contribution is 2.31. The molecule has 0 atom stereocenters. The molecule has 0 spiro atoms. The van der Waals surface area contributed by atoms with E-state index in [1.54, 1.807) is 6.07 Å². The van der Waals surface area contributed by atoms with Gasteiger partial charge in [-0.15, -0.1) is 0 Å². The first kappa shape index (κ1) is 18.2. The number of carboxylic acids is 1. The van der Waals surface area contributed by atoms with Gasteiger partial charge in [-0.2, -0.15) is 8.42 Å². The quantitative estimate of drug-likeness (QED) is 0.389. The van der Waals surface area contributed by atoms with Crippen molar-refractivity contribution in [2.45, 2.75) is 11.3 Å². The molecule has 0 saturated heterocycles. The highest BCUT2D eigenvalue weighted by molar-refractivity contribution is 7.86. The van der Waals surface area contributed by atoms with Crippen molar-refractivity contribution in [2.75, 3.05) is 5.32 Å². The second kappa shape index (κ2) is 6.79. The lowest BCUT2D eigenvalue weighted by molar-refractivity contribution is -0.136. The predicted molar refractivity (Wildman–Crippen MR) is 85.3 cm³/mol. The maximum atomic E-state index is 12.2. The molecule has 1 amide bonds. The Hall–Kier alpha value is -3.11. The first-order valence-electron chi connectivity index (χ1n) is 6.73. The second-order valence-electron chi connectivity index (χ2n) is 5.04. The van der Waals surface area contributed by atoms with E-state index in [2.05, 4.69) is 5.32 Å². The summed E-state index contributed by atoms with van der Waals surface area (Å²) in [7, 11) is -4.77. The molecule has 0 saturated carbocycles. The van der Waals surface area contributed by atoms with Crippen LogP contribution >= 0.6 is 0 Å². The predicted octanol–water partition coefficient (Wildman–Crippen LogP) is 1.22. The van der Waals surface area contributed by atoms with Crippen molar-refractivity contribution in [3.63, 3.8) is 0 Å². The number of hydrogen-bond acceptors (Lipinski definition) is 6. The minimum absolute atomic E-state index is 0.237. The van der Waals surface area contributed by atoms with E-state index < -0.39 is 44.0 Å². The molecule has 0 aliphatic rings. The zero-order valence-electron chi connectivity index (χ0n) is 12.5. The molecule has 0 aliphatic heterocycles. The van der Waals surface area contributed by atoms with Crippen LogP contribution in [0.5, 0.6) is 11.5 Å². The Morgan fingerprint density at radius 3 is 2.32 bits per heavy atom. The van der Waals surface area contributed by atoms with Crippen LogP contribution < -0.4 is 5.32 Å². The molecule has 0 heterocycles. The molecule has 0 bridgehead atoms. The minimum Gasteiger partial charge on any atom is -0.507 e. The molecule has 2 aromatic carbocycles. The van der Waals surface area contributed by atoms with E-state index in [1.807, 2.05) is 0 Å². The molecule has 10 heteroatoms. The third kappa shape index (κ3) is 4.46. The molecule has 5 N–H and O–H groups in total. The van der Waals surface area contributed by atoms with Gasteiger partial charge < -0.3 is 20.6 Å². The molecule has 2 rings (SSSR count). The molecular weight excluding hydrogens is 354 g/mol. The standard InChI is InChI=1S/C15H13NO8S/c17-11-7-13(25(22,23)24)12(18)6-10(11)15(21)16-9-3-1-2-8(4-9)5-14(19)20/h1-4,6-7,17-18H,5H2,(H,16,21)(H,19,20)(H,22,23,24). The van der Waals surface area contributed by atoms with E-state index in [4.69, 9.17) is 9.66 Å².